The lowest BCUT2D eigenvalue weighted by Gasteiger charge is -2.21. The predicted octanol–water partition coefficient (Wildman–Crippen LogP) is 3.01. The van der Waals surface area contributed by atoms with Gasteiger partial charge in [0, 0.05) is 60.7 Å². The van der Waals surface area contributed by atoms with Gasteiger partial charge < -0.3 is 25.0 Å². The Morgan fingerprint density at radius 3 is 2.68 bits per heavy atom. The van der Waals surface area contributed by atoms with Gasteiger partial charge in [0.15, 0.2) is 5.96 Å². The maximum atomic E-state index is 14.0. The summed E-state index contributed by atoms with van der Waals surface area (Å²) in [7, 11) is 5.39. The van der Waals surface area contributed by atoms with Crippen LogP contribution in [0.25, 0.3) is 0 Å². The van der Waals surface area contributed by atoms with Crippen LogP contribution in [0.3, 0.4) is 0 Å². The quantitative estimate of drug-likeness (QED) is 0.233. The Hall–Kier alpha value is -1.13. The predicted molar refractivity (Wildman–Crippen MR) is 123 cm³/mol. The van der Waals surface area contributed by atoms with E-state index in [1.807, 2.05) is 20.2 Å². The summed E-state index contributed by atoms with van der Waals surface area (Å²) in [6.07, 6.45) is 3.12. The molecule has 2 N–H and O–H groups in total. The van der Waals surface area contributed by atoms with Gasteiger partial charge in [0.1, 0.15) is 5.82 Å². The number of guanidine groups is 1. The molecule has 6 nitrogen and oxygen atoms in total. The van der Waals surface area contributed by atoms with Crippen LogP contribution in [0, 0.1) is 11.7 Å². The van der Waals surface area contributed by atoms with Crippen molar-refractivity contribution in [2.24, 2.45) is 10.9 Å². The molecule has 1 aliphatic heterocycles. The van der Waals surface area contributed by atoms with Crippen LogP contribution in [0.1, 0.15) is 24.8 Å². The summed E-state index contributed by atoms with van der Waals surface area (Å²) in [5, 5.41) is 6.47. The highest BCUT2D eigenvalue weighted by molar-refractivity contribution is 14.0. The van der Waals surface area contributed by atoms with Crippen molar-refractivity contribution < 1.29 is 13.9 Å². The molecule has 1 aromatic rings. The van der Waals surface area contributed by atoms with E-state index in [0.717, 1.165) is 57.8 Å². The highest BCUT2D eigenvalue weighted by Crippen LogP contribution is 2.18. The van der Waals surface area contributed by atoms with Crippen molar-refractivity contribution in [1.29, 1.82) is 0 Å². The van der Waals surface area contributed by atoms with Gasteiger partial charge in [-0.3, -0.25) is 4.99 Å². The average Bonchev–Trinajstić information content (AvgIpc) is 2.67. The fraction of sp³-hybridized carbons (Fsp3) is 0.650. The van der Waals surface area contributed by atoms with Gasteiger partial charge in [-0.15, -0.1) is 24.0 Å². The van der Waals surface area contributed by atoms with E-state index < -0.39 is 0 Å². The van der Waals surface area contributed by atoms with E-state index in [1.165, 1.54) is 0 Å². The van der Waals surface area contributed by atoms with E-state index >= 15 is 0 Å². The number of benzene rings is 1. The number of nitrogens with one attached hydrogen (secondary N) is 2. The molecule has 0 radical (unpaired) electrons. The number of anilines is 1. The van der Waals surface area contributed by atoms with Crippen molar-refractivity contribution in [3.05, 3.63) is 29.6 Å². The Labute approximate surface area is 185 Å². The van der Waals surface area contributed by atoms with Crippen LogP contribution >= 0.6 is 24.0 Å². The maximum absolute atomic E-state index is 14.0. The lowest BCUT2D eigenvalue weighted by Crippen LogP contribution is -2.37. The number of nitrogens with zero attached hydrogens (tertiary/aromatic N) is 2. The second-order valence-corrected chi connectivity index (χ2v) is 7.02. The summed E-state index contributed by atoms with van der Waals surface area (Å²) in [6.45, 7) is 4.58. The van der Waals surface area contributed by atoms with E-state index in [9.17, 15) is 4.39 Å². The number of hydrogen-bond donors (Lipinski definition) is 2. The number of hydrogen-bond acceptors (Lipinski definition) is 4. The summed E-state index contributed by atoms with van der Waals surface area (Å²) in [5.74, 6) is 1.13. The van der Waals surface area contributed by atoms with Crippen molar-refractivity contribution in [1.82, 2.24) is 10.6 Å². The third kappa shape index (κ3) is 8.91. The molecule has 2 rings (SSSR count). The first kappa shape index (κ1) is 24.9. The molecule has 8 heteroatoms. The van der Waals surface area contributed by atoms with Gasteiger partial charge in [-0.25, -0.2) is 4.39 Å². The van der Waals surface area contributed by atoms with Crippen LogP contribution in [0.4, 0.5) is 10.1 Å². The van der Waals surface area contributed by atoms with Crippen LogP contribution < -0.4 is 15.5 Å². The molecule has 0 amide bonds. The first-order valence-corrected chi connectivity index (χ1v) is 9.66. The zero-order valence-electron chi connectivity index (χ0n) is 17.2. The normalized spacial score (nSPS) is 15.1. The van der Waals surface area contributed by atoms with E-state index in [2.05, 4.69) is 15.6 Å². The second kappa shape index (κ2) is 13.9. The molecule has 1 fully saturated rings. The minimum atomic E-state index is -0.219. The first-order chi connectivity index (χ1) is 13.1. The lowest BCUT2D eigenvalue weighted by molar-refractivity contribution is 0.0203. The van der Waals surface area contributed by atoms with E-state index in [4.69, 9.17) is 9.47 Å². The van der Waals surface area contributed by atoms with Crippen LogP contribution in [0.5, 0.6) is 0 Å². The van der Waals surface area contributed by atoms with E-state index in [1.54, 1.807) is 24.1 Å². The van der Waals surface area contributed by atoms with Gasteiger partial charge in [0.25, 0.3) is 0 Å². The molecule has 0 bridgehead atoms. The van der Waals surface area contributed by atoms with Crippen LogP contribution in [-0.2, 0) is 16.0 Å². The SMILES string of the molecule is CN=C(NCCCOCC1CCOCC1)NCc1ccc(N(C)C)c(F)c1.I. The minimum absolute atomic E-state index is 0. The van der Waals surface area contributed by atoms with Gasteiger partial charge in [-0.2, -0.15) is 0 Å². The van der Waals surface area contributed by atoms with E-state index in [0.29, 0.717) is 24.1 Å². The zero-order valence-corrected chi connectivity index (χ0v) is 19.5. The highest BCUT2D eigenvalue weighted by atomic mass is 127. The Morgan fingerprint density at radius 2 is 2.04 bits per heavy atom. The number of halogens is 2. The standard InChI is InChI=1S/C20H33FN4O2.HI/c1-22-20(23-9-4-10-27-15-16-7-11-26-12-8-16)24-14-17-5-6-19(25(2)3)18(21)13-17;/h5-6,13,16H,4,7-12,14-15H2,1-3H3,(H2,22,23,24);1H. The Bertz CT molecular complexity index is 596. The lowest BCUT2D eigenvalue weighted by atomic mass is 10.0. The van der Waals surface area contributed by atoms with E-state index in [-0.39, 0.29) is 29.8 Å². The Kier molecular flexibility index (Phi) is 12.4. The largest absolute Gasteiger partial charge is 0.381 e. The molecule has 1 heterocycles. The molecule has 160 valence electrons. The monoisotopic (exact) mass is 508 g/mol. The molecule has 0 aliphatic carbocycles. The van der Waals surface area contributed by atoms with Crippen LogP contribution in [-0.4, -0.2) is 60.1 Å². The topological polar surface area (TPSA) is 58.1 Å². The summed E-state index contributed by atoms with van der Waals surface area (Å²) in [5.41, 5.74) is 1.46. The number of aliphatic imine (C=N–C) groups is 1. The molecule has 0 aromatic heterocycles. The molecule has 1 aromatic carbocycles. The molecule has 0 atom stereocenters. The minimum Gasteiger partial charge on any atom is -0.381 e. The third-order valence-corrected chi connectivity index (χ3v) is 4.63. The van der Waals surface area contributed by atoms with Gasteiger partial charge in [-0.1, -0.05) is 6.07 Å². The van der Waals surface area contributed by atoms with Gasteiger partial charge in [0.05, 0.1) is 5.69 Å². The summed E-state index contributed by atoms with van der Waals surface area (Å²) < 4.78 is 25.1. The second-order valence-electron chi connectivity index (χ2n) is 7.02. The molecule has 0 spiro atoms. The average molecular weight is 508 g/mol. The fourth-order valence-electron chi connectivity index (χ4n) is 2.97. The maximum Gasteiger partial charge on any atom is 0.191 e. The first-order valence-electron chi connectivity index (χ1n) is 9.66. The van der Waals surface area contributed by atoms with Crippen molar-refractivity contribution in [2.45, 2.75) is 25.8 Å². The Morgan fingerprint density at radius 1 is 1.29 bits per heavy atom. The molecule has 1 aliphatic rings. The van der Waals surface area contributed by atoms with Crippen LogP contribution in [0.2, 0.25) is 0 Å². The third-order valence-electron chi connectivity index (χ3n) is 4.63. The van der Waals surface area contributed by atoms with Crippen molar-refractivity contribution in [3.63, 3.8) is 0 Å². The molecule has 0 saturated carbocycles. The smallest absolute Gasteiger partial charge is 0.191 e. The molecule has 28 heavy (non-hydrogen) atoms. The van der Waals surface area contributed by atoms with Gasteiger partial charge >= 0.3 is 0 Å². The van der Waals surface area contributed by atoms with Crippen molar-refractivity contribution >= 4 is 35.6 Å². The fourth-order valence-corrected chi connectivity index (χ4v) is 2.97. The number of ether oxygens (including phenoxy) is 2. The molecule has 1 saturated heterocycles. The van der Waals surface area contributed by atoms with Crippen molar-refractivity contribution in [2.75, 3.05) is 59.0 Å². The summed E-state index contributed by atoms with van der Waals surface area (Å²) in [4.78, 5) is 5.96. The summed E-state index contributed by atoms with van der Waals surface area (Å²) >= 11 is 0. The van der Waals surface area contributed by atoms with Gasteiger partial charge in [0.2, 0.25) is 0 Å². The Balaban J connectivity index is 0.00000392. The number of rotatable bonds is 9. The van der Waals surface area contributed by atoms with Crippen molar-refractivity contribution in [3.8, 4) is 0 Å². The summed E-state index contributed by atoms with van der Waals surface area (Å²) in [6, 6.07) is 5.26. The molecular formula is C20H34FIN4O2. The zero-order chi connectivity index (χ0) is 19.5. The molecular weight excluding hydrogens is 474 g/mol. The van der Waals surface area contributed by atoms with Gasteiger partial charge in [-0.05, 0) is 42.9 Å². The van der Waals surface area contributed by atoms with Crippen LogP contribution in [0.15, 0.2) is 23.2 Å². The molecule has 0 unspecified atom stereocenters. The highest BCUT2D eigenvalue weighted by Gasteiger charge is 2.13.